The van der Waals surface area contributed by atoms with E-state index in [2.05, 4.69) is 17.9 Å². The number of ether oxygens (including phenoxy) is 1. The topological polar surface area (TPSA) is 75.2 Å². The van der Waals surface area contributed by atoms with E-state index in [4.69, 9.17) is 0 Å². The molecule has 1 aromatic heterocycles. The van der Waals surface area contributed by atoms with E-state index in [0.29, 0.717) is 0 Å². The fourth-order valence-corrected chi connectivity index (χ4v) is 1.96. The van der Waals surface area contributed by atoms with Crippen molar-refractivity contribution in [2.24, 2.45) is 0 Å². The summed E-state index contributed by atoms with van der Waals surface area (Å²) in [6.45, 7) is 2.65. The summed E-state index contributed by atoms with van der Waals surface area (Å²) in [5, 5.41) is 0. The molecule has 1 rings (SSSR count). The second kappa shape index (κ2) is 7.54. The van der Waals surface area contributed by atoms with Crippen molar-refractivity contribution < 1.29 is 35.5 Å². The van der Waals surface area contributed by atoms with Gasteiger partial charge in [-0.05, 0) is 0 Å². The lowest BCUT2D eigenvalue weighted by Gasteiger charge is -2.28. The van der Waals surface area contributed by atoms with E-state index in [1.165, 1.54) is 0 Å². The summed E-state index contributed by atoms with van der Waals surface area (Å²) >= 11 is 0. The van der Waals surface area contributed by atoms with Crippen LogP contribution in [0.15, 0.2) is 39.7 Å². The van der Waals surface area contributed by atoms with Crippen LogP contribution in [0.5, 0.6) is 0 Å². The summed E-state index contributed by atoms with van der Waals surface area (Å²) in [7, 11) is 0. The number of allylic oxidation sites excluding steroid dienone is 2. The lowest BCUT2D eigenvalue weighted by Crippen LogP contribution is -2.59. The van der Waals surface area contributed by atoms with E-state index in [-0.39, 0.29) is 9.13 Å². The Morgan fingerprint density at radius 1 is 0.778 bits per heavy atom. The molecule has 1 unspecified atom stereocenters. The zero-order valence-corrected chi connectivity index (χ0v) is 13.3. The van der Waals surface area contributed by atoms with Gasteiger partial charge in [-0.2, -0.15) is 17.6 Å². The van der Waals surface area contributed by atoms with Crippen LogP contribution in [0.4, 0.5) is 30.7 Å². The lowest BCUT2D eigenvalue weighted by molar-refractivity contribution is -0.450. The van der Waals surface area contributed by atoms with Gasteiger partial charge >= 0.3 is 35.5 Å². The van der Waals surface area contributed by atoms with Crippen molar-refractivity contribution in [2.75, 3.05) is 0 Å². The Labute approximate surface area is 145 Å². The molecule has 0 aromatic carbocycles. The monoisotopic (exact) mass is 407 g/mol. The smallest absolute Gasteiger partial charge is 0.247 e. The molecule has 0 saturated carbocycles. The van der Waals surface area contributed by atoms with Gasteiger partial charge in [-0.3, -0.25) is 0 Å². The third kappa shape index (κ3) is 4.75. The summed E-state index contributed by atoms with van der Waals surface area (Å²) in [5.74, 6) is -5.46. The highest BCUT2D eigenvalue weighted by atomic mass is 19.4. The Bertz CT molecular complexity index is 845. The first-order valence-electron chi connectivity index (χ1n) is 6.87. The third-order valence-corrected chi connectivity index (χ3v) is 3.07. The predicted molar refractivity (Wildman–Crippen MR) is 76.6 cm³/mol. The fourth-order valence-electron chi connectivity index (χ4n) is 1.96. The van der Waals surface area contributed by atoms with Crippen LogP contribution in [-0.4, -0.2) is 32.1 Å². The molecule has 1 atom stereocenters. The minimum absolute atomic E-state index is 0.183. The summed E-state index contributed by atoms with van der Waals surface area (Å²) in [6.07, 6.45) is -10.4. The van der Waals surface area contributed by atoms with Crippen molar-refractivity contribution >= 4 is 0 Å². The molecule has 152 valence electrons. The van der Waals surface area contributed by atoms with E-state index < -0.39 is 59.7 Å². The first-order chi connectivity index (χ1) is 12.2. The number of nitrogens with zero attached hydrogens (tertiary/aromatic N) is 3. The van der Waals surface area contributed by atoms with Crippen LogP contribution in [0.25, 0.3) is 0 Å². The Morgan fingerprint density at radius 3 is 1.44 bits per heavy atom. The number of aromatic nitrogens is 3. The van der Waals surface area contributed by atoms with Crippen molar-refractivity contribution in [1.82, 2.24) is 13.7 Å². The molecule has 0 saturated heterocycles. The quantitative estimate of drug-likeness (QED) is 0.505. The zero-order valence-electron chi connectivity index (χ0n) is 13.3. The number of alkyl halides is 7. The highest BCUT2D eigenvalue weighted by molar-refractivity contribution is 4.88. The summed E-state index contributed by atoms with van der Waals surface area (Å²) in [5.41, 5.74) is -4.85. The predicted octanol–water partition coefficient (Wildman–Crippen LogP) is 1.31. The van der Waals surface area contributed by atoms with Crippen LogP contribution >= 0.6 is 0 Å². The maximum atomic E-state index is 14.1. The molecule has 0 N–H and O–H groups in total. The van der Waals surface area contributed by atoms with Gasteiger partial charge in [0.25, 0.3) is 0 Å². The molecule has 0 fully saturated rings. The Balaban J connectivity index is 3.76. The average Bonchev–Trinajstić information content (AvgIpc) is 2.49. The molecule has 0 aliphatic carbocycles. The van der Waals surface area contributed by atoms with Crippen LogP contribution in [0, 0.1) is 0 Å². The standard InChI is InChI=1S/C13H12F7N3O4/c1-3-5-21-8(24)22(6-4-2)10(26)23(9(21)25)7-11(14,12(15,16)17)27-13(18,19)20/h3-4H,1-2,5-7H2. The number of hydrogen-bond acceptors (Lipinski definition) is 4. The van der Waals surface area contributed by atoms with E-state index in [0.717, 1.165) is 12.2 Å². The van der Waals surface area contributed by atoms with Gasteiger partial charge in [0.05, 0.1) is 13.1 Å². The Morgan fingerprint density at radius 2 is 1.15 bits per heavy atom. The minimum Gasteiger partial charge on any atom is -0.247 e. The van der Waals surface area contributed by atoms with E-state index in [1.54, 1.807) is 0 Å². The first kappa shape index (κ1) is 22.4. The molecular weight excluding hydrogens is 395 g/mol. The van der Waals surface area contributed by atoms with Crippen molar-refractivity contribution in [2.45, 2.75) is 38.0 Å². The second-order valence-corrected chi connectivity index (χ2v) is 5.01. The van der Waals surface area contributed by atoms with Gasteiger partial charge in [0, 0.05) is 0 Å². The molecule has 0 radical (unpaired) electrons. The molecule has 7 nitrogen and oxygen atoms in total. The Hall–Kier alpha value is -2.64. The number of rotatable bonds is 7. The molecule has 0 aliphatic heterocycles. The molecule has 0 spiro atoms. The molecular formula is C13H12F7N3O4. The van der Waals surface area contributed by atoms with Crippen LogP contribution in [0.2, 0.25) is 0 Å². The largest absolute Gasteiger partial charge is 0.525 e. The van der Waals surface area contributed by atoms with E-state index in [9.17, 15) is 45.1 Å². The number of hydrogen-bond donors (Lipinski definition) is 0. The fraction of sp³-hybridized carbons (Fsp3) is 0.462. The van der Waals surface area contributed by atoms with Crippen molar-refractivity contribution in [3.63, 3.8) is 0 Å². The van der Waals surface area contributed by atoms with Gasteiger partial charge < -0.3 is 0 Å². The molecule has 0 amide bonds. The van der Waals surface area contributed by atoms with Gasteiger partial charge in [0.1, 0.15) is 6.54 Å². The summed E-state index contributed by atoms with van der Waals surface area (Å²) in [4.78, 5) is 36.2. The van der Waals surface area contributed by atoms with Gasteiger partial charge in [-0.1, -0.05) is 12.2 Å². The van der Waals surface area contributed by atoms with Crippen molar-refractivity contribution in [3.8, 4) is 0 Å². The normalized spacial score (nSPS) is 14.6. The van der Waals surface area contributed by atoms with Gasteiger partial charge in [0.2, 0.25) is 0 Å². The van der Waals surface area contributed by atoms with Gasteiger partial charge in [0.15, 0.2) is 0 Å². The van der Waals surface area contributed by atoms with Crippen LogP contribution in [0.1, 0.15) is 0 Å². The molecule has 1 aromatic rings. The van der Waals surface area contributed by atoms with E-state index in [1.807, 2.05) is 0 Å². The zero-order chi connectivity index (χ0) is 21.2. The first-order valence-corrected chi connectivity index (χ1v) is 6.87. The van der Waals surface area contributed by atoms with Gasteiger partial charge in [-0.25, -0.2) is 32.8 Å². The maximum absolute atomic E-state index is 14.1. The van der Waals surface area contributed by atoms with Crippen LogP contribution in [-0.2, 0) is 24.4 Å². The molecule has 14 heteroatoms. The van der Waals surface area contributed by atoms with E-state index >= 15 is 0 Å². The molecule has 0 bridgehead atoms. The Kier molecular flexibility index (Phi) is 6.25. The second-order valence-electron chi connectivity index (χ2n) is 5.01. The molecule has 1 heterocycles. The molecule has 0 aliphatic rings. The average molecular weight is 407 g/mol. The van der Waals surface area contributed by atoms with Crippen LogP contribution in [0.3, 0.4) is 0 Å². The summed E-state index contributed by atoms with van der Waals surface area (Å²) in [6, 6.07) is 0. The summed E-state index contributed by atoms with van der Waals surface area (Å²) < 4.78 is 91.6. The lowest BCUT2D eigenvalue weighted by atomic mass is 10.3. The SMILES string of the molecule is C=CCn1c(=O)n(CC=C)c(=O)n(CC(F)(OC(F)(F)F)C(F)(F)F)c1=O. The van der Waals surface area contributed by atoms with Crippen LogP contribution < -0.4 is 17.1 Å². The third-order valence-electron chi connectivity index (χ3n) is 3.07. The molecule has 27 heavy (non-hydrogen) atoms. The minimum atomic E-state index is -6.27. The maximum Gasteiger partial charge on any atom is 0.525 e. The van der Waals surface area contributed by atoms with Crippen molar-refractivity contribution in [3.05, 3.63) is 56.8 Å². The van der Waals surface area contributed by atoms with Gasteiger partial charge in [-0.15, -0.1) is 26.3 Å². The van der Waals surface area contributed by atoms with Crippen molar-refractivity contribution in [1.29, 1.82) is 0 Å². The highest BCUT2D eigenvalue weighted by Crippen LogP contribution is 2.40. The highest BCUT2D eigenvalue weighted by Gasteiger charge is 2.63. The number of halogens is 7.